The number of aryl methyl sites for hydroxylation is 1. The number of likely N-dealkylation sites (N-methyl/N-ethyl adjacent to an activating group) is 1. The van der Waals surface area contributed by atoms with Gasteiger partial charge in [-0.25, -0.2) is 0 Å². The number of amides is 1. The Labute approximate surface area is 126 Å². The second-order valence-corrected chi connectivity index (χ2v) is 5.73. The Morgan fingerprint density at radius 1 is 1.40 bits per heavy atom. The van der Waals surface area contributed by atoms with E-state index in [4.69, 9.17) is 0 Å². The number of nitrogens with one attached hydrogen (secondary N) is 1. The Bertz CT molecular complexity index is 484. The normalized spacial score (nSPS) is 22.5. The molecule has 1 aromatic heterocycles. The molecule has 2 heterocycles. The highest BCUT2D eigenvalue weighted by Crippen LogP contribution is 2.40. The predicted molar refractivity (Wildman–Crippen MR) is 80.4 cm³/mol. The standard InChI is InChI=1S/C14H22N4O.ClH/c1-15-11-4-3-7-18(9-11)14(19)12-8-13(10-5-6-10)17(2)16-12;/h8,10-11,15H,3-7,9H2,1-2H3;1H. The fourth-order valence-corrected chi connectivity index (χ4v) is 2.91. The monoisotopic (exact) mass is 298 g/mol. The van der Waals surface area contributed by atoms with Gasteiger partial charge in [-0.05, 0) is 38.8 Å². The van der Waals surface area contributed by atoms with Crippen LogP contribution in [0, 0.1) is 0 Å². The van der Waals surface area contributed by atoms with Crippen LogP contribution in [0.25, 0.3) is 0 Å². The molecule has 0 aromatic carbocycles. The smallest absolute Gasteiger partial charge is 0.274 e. The minimum absolute atomic E-state index is 0. The van der Waals surface area contributed by atoms with Gasteiger partial charge in [-0.2, -0.15) is 5.10 Å². The molecule has 1 saturated carbocycles. The molecule has 1 N–H and O–H groups in total. The Morgan fingerprint density at radius 3 is 2.80 bits per heavy atom. The average molecular weight is 299 g/mol. The molecule has 1 atom stereocenters. The van der Waals surface area contributed by atoms with Crippen molar-refractivity contribution < 1.29 is 4.79 Å². The van der Waals surface area contributed by atoms with Crippen LogP contribution in [-0.4, -0.2) is 46.8 Å². The lowest BCUT2D eigenvalue weighted by Gasteiger charge is -2.32. The molecule has 1 aliphatic carbocycles. The van der Waals surface area contributed by atoms with E-state index in [1.54, 1.807) is 0 Å². The first-order valence-electron chi connectivity index (χ1n) is 7.19. The van der Waals surface area contributed by atoms with Crippen LogP contribution in [0.2, 0.25) is 0 Å². The number of rotatable bonds is 3. The van der Waals surface area contributed by atoms with E-state index >= 15 is 0 Å². The van der Waals surface area contributed by atoms with E-state index in [0.29, 0.717) is 17.7 Å². The summed E-state index contributed by atoms with van der Waals surface area (Å²) in [5, 5.41) is 7.67. The Hall–Kier alpha value is -1.07. The fraction of sp³-hybridized carbons (Fsp3) is 0.714. The summed E-state index contributed by atoms with van der Waals surface area (Å²) in [4.78, 5) is 14.4. The first-order valence-corrected chi connectivity index (χ1v) is 7.19. The molecule has 1 aliphatic heterocycles. The number of nitrogens with zero attached hydrogens (tertiary/aromatic N) is 3. The Balaban J connectivity index is 0.00000147. The van der Waals surface area contributed by atoms with Gasteiger partial charge in [0.15, 0.2) is 5.69 Å². The second-order valence-electron chi connectivity index (χ2n) is 5.73. The summed E-state index contributed by atoms with van der Waals surface area (Å²) in [7, 11) is 3.90. The van der Waals surface area contributed by atoms with E-state index in [1.165, 1.54) is 18.5 Å². The number of likely N-dealkylation sites (tertiary alicyclic amines) is 1. The lowest BCUT2D eigenvalue weighted by Crippen LogP contribution is -2.47. The van der Waals surface area contributed by atoms with E-state index in [9.17, 15) is 4.79 Å². The van der Waals surface area contributed by atoms with Crippen molar-refractivity contribution in [3.05, 3.63) is 17.5 Å². The zero-order valence-electron chi connectivity index (χ0n) is 12.1. The van der Waals surface area contributed by atoms with E-state index in [0.717, 1.165) is 25.9 Å². The van der Waals surface area contributed by atoms with E-state index in [-0.39, 0.29) is 18.3 Å². The highest BCUT2D eigenvalue weighted by atomic mass is 35.5. The van der Waals surface area contributed by atoms with Crippen LogP contribution in [0.3, 0.4) is 0 Å². The minimum Gasteiger partial charge on any atom is -0.336 e. The molecule has 1 unspecified atom stereocenters. The maximum atomic E-state index is 12.5. The lowest BCUT2D eigenvalue weighted by molar-refractivity contribution is 0.0691. The van der Waals surface area contributed by atoms with Crippen molar-refractivity contribution in [1.82, 2.24) is 20.0 Å². The molecular formula is C14H23ClN4O. The van der Waals surface area contributed by atoms with E-state index in [1.807, 2.05) is 29.7 Å². The second kappa shape index (κ2) is 6.14. The van der Waals surface area contributed by atoms with Gasteiger partial charge in [-0.3, -0.25) is 9.48 Å². The molecule has 1 amide bonds. The van der Waals surface area contributed by atoms with Gasteiger partial charge in [-0.15, -0.1) is 12.4 Å². The molecular weight excluding hydrogens is 276 g/mol. The van der Waals surface area contributed by atoms with E-state index in [2.05, 4.69) is 10.4 Å². The van der Waals surface area contributed by atoms with Gasteiger partial charge < -0.3 is 10.2 Å². The first kappa shape index (κ1) is 15.3. The number of piperidine rings is 1. The van der Waals surface area contributed by atoms with Crippen molar-refractivity contribution >= 4 is 18.3 Å². The van der Waals surface area contributed by atoms with Crippen molar-refractivity contribution in [1.29, 1.82) is 0 Å². The van der Waals surface area contributed by atoms with Crippen LogP contribution in [-0.2, 0) is 7.05 Å². The fourth-order valence-electron chi connectivity index (χ4n) is 2.91. The third-order valence-electron chi connectivity index (χ3n) is 4.25. The minimum atomic E-state index is 0. The summed E-state index contributed by atoms with van der Waals surface area (Å²) < 4.78 is 1.88. The number of halogens is 1. The van der Waals surface area contributed by atoms with Gasteiger partial charge in [0, 0.05) is 37.8 Å². The van der Waals surface area contributed by atoms with Crippen LogP contribution in [0.1, 0.15) is 47.8 Å². The molecule has 20 heavy (non-hydrogen) atoms. The zero-order valence-corrected chi connectivity index (χ0v) is 12.9. The van der Waals surface area contributed by atoms with Crippen molar-refractivity contribution in [3.63, 3.8) is 0 Å². The number of hydrogen-bond acceptors (Lipinski definition) is 3. The maximum Gasteiger partial charge on any atom is 0.274 e. The van der Waals surface area contributed by atoms with Crippen LogP contribution in [0.15, 0.2) is 6.07 Å². The highest BCUT2D eigenvalue weighted by Gasteiger charge is 2.30. The van der Waals surface area contributed by atoms with Crippen LogP contribution < -0.4 is 5.32 Å². The zero-order chi connectivity index (χ0) is 13.4. The molecule has 0 radical (unpaired) electrons. The largest absolute Gasteiger partial charge is 0.336 e. The molecule has 2 aliphatic rings. The van der Waals surface area contributed by atoms with Gasteiger partial charge in [0.05, 0.1) is 0 Å². The van der Waals surface area contributed by atoms with Gasteiger partial charge >= 0.3 is 0 Å². The van der Waals surface area contributed by atoms with E-state index < -0.39 is 0 Å². The van der Waals surface area contributed by atoms with Gasteiger partial charge in [0.1, 0.15) is 0 Å². The molecule has 0 bridgehead atoms. The van der Waals surface area contributed by atoms with Crippen LogP contribution in [0.5, 0.6) is 0 Å². The molecule has 2 fully saturated rings. The van der Waals surface area contributed by atoms with Crippen molar-refractivity contribution in [2.45, 2.75) is 37.6 Å². The summed E-state index contributed by atoms with van der Waals surface area (Å²) in [6, 6.07) is 2.41. The summed E-state index contributed by atoms with van der Waals surface area (Å²) in [5.74, 6) is 0.716. The van der Waals surface area contributed by atoms with Crippen LogP contribution >= 0.6 is 12.4 Å². The number of hydrogen-bond donors (Lipinski definition) is 1. The molecule has 112 valence electrons. The molecule has 1 aromatic rings. The number of carbonyl (C=O) groups is 1. The van der Waals surface area contributed by atoms with Crippen LogP contribution in [0.4, 0.5) is 0 Å². The molecule has 6 heteroatoms. The predicted octanol–water partition coefficient (Wildman–Crippen LogP) is 1.54. The summed E-state index contributed by atoms with van der Waals surface area (Å²) in [6.45, 7) is 1.65. The first-order chi connectivity index (χ1) is 9.19. The third kappa shape index (κ3) is 2.99. The summed E-state index contributed by atoms with van der Waals surface area (Å²) in [6.07, 6.45) is 4.69. The highest BCUT2D eigenvalue weighted by molar-refractivity contribution is 5.92. The topological polar surface area (TPSA) is 50.2 Å². The molecule has 0 spiro atoms. The maximum absolute atomic E-state index is 12.5. The third-order valence-corrected chi connectivity index (χ3v) is 4.25. The van der Waals surface area contributed by atoms with Gasteiger partial charge in [-0.1, -0.05) is 0 Å². The van der Waals surface area contributed by atoms with Crippen molar-refractivity contribution in [2.24, 2.45) is 7.05 Å². The van der Waals surface area contributed by atoms with Gasteiger partial charge in [0.25, 0.3) is 5.91 Å². The Morgan fingerprint density at radius 2 is 2.15 bits per heavy atom. The lowest BCUT2D eigenvalue weighted by atomic mass is 10.1. The number of carbonyl (C=O) groups excluding carboxylic acids is 1. The summed E-state index contributed by atoms with van der Waals surface area (Å²) in [5.41, 5.74) is 1.83. The van der Waals surface area contributed by atoms with Crippen molar-refractivity contribution in [3.8, 4) is 0 Å². The van der Waals surface area contributed by atoms with Crippen molar-refractivity contribution in [2.75, 3.05) is 20.1 Å². The summed E-state index contributed by atoms with van der Waals surface area (Å²) >= 11 is 0. The quantitative estimate of drug-likeness (QED) is 0.921. The molecule has 1 saturated heterocycles. The van der Waals surface area contributed by atoms with Gasteiger partial charge in [0.2, 0.25) is 0 Å². The average Bonchev–Trinajstić information content (AvgIpc) is 3.21. The molecule has 5 nitrogen and oxygen atoms in total. The Kier molecular flexibility index (Phi) is 4.70. The SMILES string of the molecule is CNC1CCCN(C(=O)c2cc(C3CC3)n(C)n2)C1.Cl. The molecule has 3 rings (SSSR count). The number of aromatic nitrogens is 2.